The molecule has 7 heteroatoms. The lowest BCUT2D eigenvalue weighted by Gasteiger charge is -2.14. The standard InChI is InChI=1S/C16H16F3N3O/c17-16(18,19)14-9-13(11-5-2-1-3-6-11)21-15(22-14)20-10-12-7-4-8-23-12/h1-3,5-6,9,12H,4,7-8,10H2,(H,20,21,22)/t12-/m0/s1. The van der Waals surface area contributed by atoms with E-state index in [1.54, 1.807) is 30.3 Å². The fourth-order valence-electron chi connectivity index (χ4n) is 2.44. The second-order valence-electron chi connectivity index (χ2n) is 5.34. The average molecular weight is 323 g/mol. The van der Waals surface area contributed by atoms with E-state index in [1.165, 1.54) is 0 Å². The Bertz CT molecular complexity index is 655. The van der Waals surface area contributed by atoms with Gasteiger partial charge in [-0.1, -0.05) is 30.3 Å². The fraction of sp³-hybridized carbons (Fsp3) is 0.375. The molecule has 2 heterocycles. The predicted octanol–water partition coefficient (Wildman–Crippen LogP) is 3.75. The summed E-state index contributed by atoms with van der Waals surface area (Å²) in [5.74, 6) is -0.0332. The van der Waals surface area contributed by atoms with Gasteiger partial charge in [0.1, 0.15) is 0 Å². The first-order valence-electron chi connectivity index (χ1n) is 7.39. The van der Waals surface area contributed by atoms with E-state index < -0.39 is 11.9 Å². The van der Waals surface area contributed by atoms with Gasteiger partial charge in [-0.25, -0.2) is 9.97 Å². The topological polar surface area (TPSA) is 47.0 Å². The van der Waals surface area contributed by atoms with Crippen LogP contribution in [0.3, 0.4) is 0 Å². The summed E-state index contributed by atoms with van der Waals surface area (Å²) in [5, 5.41) is 2.86. The number of alkyl halides is 3. The molecule has 2 aromatic rings. The van der Waals surface area contributed by atoms with Crippen LogP contribution in [0.15, 0.2) is 36.4 Å². The number of hydrogen-bond donors (Lipinski definition) is 1. The molecule has 1 aliphatic heterocycles. The smallest absolute Gasteiger partial charge is 0.376 e. The molecule has 3 rings (SSSR count). The molecule has 0 radical (unpaired) electrons. The highest BCUT2D eigenvalue weighted by Gasteiger charge is 2.34. The maximum absolute atomic E-state index is 13.1. The lowest BCUT2D eigenvalue weighted by molar-refractivity contribution is -0.141. The number of rotatable bonds is 4. The molecule has 1 N–H and O–H groups in total. The molecule has 1 fully saturated rings. The van der Waals surface area contributed by atoms with E-state index in [0.717, 1.165) is 18.9 Å². The van der Waals surface area contributed by atoms with Gasteiger partial charge in [0.05, 0.1) is 11.8 Å². The number of nitrogens with zero attached hydrogens (tertiary/aromatic N) is 2. The summed E-state index contributed by atoms with van der Waals surface area (Å²) in [6.45, 7) is 1.08. The van der Waals surface area contributed by atoms with Gasteiger partial charge in [0.25, 0.3) is 0 Å². The van der Waals surface area contributed by atoms with Crippen LogP contribution in [-0.2, 0) is 10.9 Å². The second-order valence-corrected chi connectivity index (χ2v) is 5.34. The lowest BCUT2D eigenvalue weighted by atomic mass is 10.1. The molecule has 122 valence electrons. The number of benzene rings is 1. The maximum atomic E-state index is 13.1. The summed E-state index contributed by atoms with van der Waals surface area (Å²) in [6.07, 6.45) is -2.68. The maximum Gasteiger partial charge on any atom is 0.433 e. The molecule has 1 saturated heterocycles. The van der Waals surface area contributed by atoms with E-state index >= 15 is 0 Å². The Morgan fingerprint density at radius 1 is 1.17 bits per heavy atom. The Morgan fingerprint density at radius 3 is 2.61 bits per heavy atom. The monoisotopic (exact) mass is 323 g/mol. The van der Waals surface area contributed by atoms with Crippen molar-refractivity contribution in [3.8, 4) is 11.3 Å². The van der Waals surface area contributed by atoms with Gasteiger partial charge in [0.15, 0.2) is 5.69 Å². The largest absolute Gasteiger partial charge is 0.433 e. The van der Waals surface area contributed by atoms with Crippen molar-refractivity contribution in [1.29, 1.82) is 0 Å². The van der Waals surface area contributed by atoms with Gasteiger partial charge >= 0.3 is 6.18 Å². The first-order valence-corrected chi connectivity index (χ1v) is 7.39. The first kappa shape index (κ1) is 15.7. The molecular weight excluding hydrogens is 307 g/mol. The molecule has 0 unspecified atom stereocenters. The van der Waals surface area contributed by atoms with Crippen molar-refractivity contribution in [2.45, 2.75) is 25.1 Å². The molecule has 0 bridgehead atoms. The molecule has 0 spiro atoms. The van der Waals surface area contributed by atoms with E-state index in [9.17, 15) is 13.2 Å². The SMILES string of the molecule is FC(F)(F)c1cc(-c2ccccc2)nc(NC[C@@H]2CCCO2)n1. The lowest BCUT2D eigenvalue weighted by Crippen LogP contribution is -2.21. The van der Waals surface area contributed by atoms with E-state index in [-0.39, 0.29) is 17.7 Å². The Labute approximate surface area is 131 Å². The van der Waals surface area contributed by atoms with Crippen LogP contribution in [-0.4, -0.2) is 29.2 Å². The van der Waals surface area contributed by atoms with Crippen molar-refractivity contribution in [3.05, 3.63) is 42.1 Å². The van der Waals surface area contributed by atoms with E-state index in [1.807, 2.05) is 0 Å². The van der Waals surface area contributed by atoms with Gasteiger partial charge in [0, 0.05) is 18.7 Å². The quantitative estimate of drug-likeness (QED) is 0.931. The van der Waals surface area contributed by atoms with Gasteiger partial charge in [-0.2, -0.15) is 13.2 Å². The van der Waals surface area contributed by atoms with Crippen LogP contribution < -0.4 is 5.32 Å². The highest BCUT2D eigenvalue weighted by molar-refractivity contribution is 5.60. The van der Waals surface area contributed by atoms with Crippen molar-refractivity contribution in [2.24, 2.45) is 0 Å². The Morgan fingerprint density at radius 2 is 1.96 bits per heavy atom. The second kappa shape index (κ2) is 6.54. The molecule has 0 saturated carbocycles. The van der Waals surface area contributed by atoms with Gasteiger partial charge in [-0.3, -0.25) is 0 Å². The van der Waals surface area contributed by atoms with Crippen molar-refractivity contribution in [3.63, 3.8) is 0 Å². The highest BCUT2D eigenvalue weighted by atomic mass is 19.4. The van der Waals surface area contributed by atoms with Crippen LogP contribution in [0.25, 0.3) is 11.3 Å². The van der Waals surface area contributed by atoms with Crippen molar-refractivity contribution in [2.75, 3.05) is 18.5 Å². The van der Waals surface area contributed by atoms with Crippen LogP contribution in [0.5, 0.6) is 0 Å². The molecule has 1 aliphatic rings. The third-order valence-corrected chi connectivity index (χ3v) is 3.60. The van der Waals surface area contributed by atoms with Crippen molar-refractivity contribution < 1.29 is 17.9 Å². The predicted molar refractivity (Wildman–Crippen MR) is 79.9 cm³/mol. The summed E-state index contributed by atoms with van der Waals surface area (Å²) >= 11 is 0. The number of anilines is 1. The Balaban J connectivity index is 1.88. The fourth-order valence-corrected chi connectivity index (χ4v) is 2.44. The third-order valence-electron chi connectivity index (χ3n) is 3.60. The van der Waals surface area contributed by atoms with Gasteiger partial charge < -0.3 is 10.1 Å². The minimum absolute atomic E-state index is 0.00619. The van der Waals surface area contributed by atoms with E-state index in [2.05, 4.69) is 15.3 Å². The number of aromatic nitrogens is 2. The summed E-state index contributed by atoms with van der Waals surface area (Å²) in [5.41, 5.74) is -0.107. The molecule has 23 heavy (non-hydrogen) atoms. The Kier molecular flexibility index (Phi) is 4.47. The normalized spacial score (nSPS) is 18.1. The van der Waals surface area contributed by atoms with E-state index in [0.29, 0.717) is 18.7 Å². The highest BCUT2D eigenvalue weighted by Crippen LogP contribution is 2.31. The third kappa shape index (κ3) is 3.98. The van der Waals surface area contributed by atoms with Gasteiger partial charge in [-0.05, 0) is 18.9 Å². The zero-order valence-electron chi connectivity index (χ0n) is 12.3. The molecule has 1 aromatic heterocycles. The van der Waals surface area contributed by atoms with Crippen LogP contribution in [0.2, 0.25) is 0 Å². The molecule has 0 aliphatic carbocycles. The van der Waals surface area contributed by atoms with Gasteiger partial charge in [0.2, 0.25) is 5.95 Å². The number of ether oxygens (including phenoxy) is 1. The van der Waals surface area contributed by atoms with Crippen molar-refractivity contribution in [1.82, 2.24) is 9.97 Å². The van der Waals surface area contributed by atoms with Crippen LogP contribution in [0.4, 0.5) is 19.1 Å². The average Bonchev–Trinajstić information content (AvgIpc) is 3.06. The van der Waals surface area contributed by atoms with Crippen LogP contribution in [0, 0.1) is 0 Å². The zero-order valence-corrected chi connectivity index (χ0v) is 12.3. The Hall–Kier alpha value is -2.15. The molecule has 1 atom stereocenters. The molecule has 1 aromatic carbocycles. The van der Waals surface area contributed by atoms with E-state index in [4.69, 9.17) is 4.74 Å². The number of halogens is 3. The summed E-state index contributed by atoms with van der Waals surface area (Å²) < 4.78 is 44.6. The number of nitrogens with one attached hydrogen (secondary N) is 1. The molecule has 0 amide bonds. The summed E-state index contributed by atoms with van der Waals surface area (Å²) in [4.78, 5) is 7.79. The van der Waals surface area contributed by atoms with Crippen LogP contribution in [0.1, 0.15) is 18.5 Å². The minimum atomic E-state index is -4.52. The number of hydrogen-bond acceptors (Lipinski definition) is 4. The minimum Gasteiger partial charge on any atom is -0.376 e. The van der Waals surface area contributed by atoms with Gasteiger partial charge in [-0.15, -0.1) is 0 Å². The summed E-state index contributed by atoms with van der Waals surface area (Å²) in [7, 11) is 0. The molecular formula is C16H16F3N3O. The van der Waals surface area contributed by atoms with Crippen LogP contribution >= 0.6 is 0 Å². The zero-order chi connectivity index (χ0) is 16.3. The molecule has 4 nitrogen and oxygen atoms in total. The van der Waals surface area contributed by atoms with Crippen molar-refractivity contribution >= 4 is 5.95 Å². The first-order chi connectivity index (χ1) is 11.0. The summed E-state index contributed by atoms with van der Waals surface area (Å²) in [6, 6.07) is 9.70.